The summed E-state index contributed by atoms with van der Waals surface area (Å²) in [5.74, 6) is 0.380. The van der Waals surface area contributed by atoms with Crippen LogP contribution in [0.2, 0.25) is 0 Å². The zero-order chi connectivity index (χ0) is 13.1. The Kier molecular flexibility index (Phi) is 3.87. The average molecular weight is 329 g/mol. The normalized spacial score (nSPS) is 10.3. The summed E-state index contributed by atoms with van der Waals surface area (Å²) in [6.07, 6.45) is 1.52. The van der Waals surface area contributed by atoms with Gasteiger partial charge in [0.25, 0.3) is 0 Å². The summed E-state index contributed by atoms with van der Waals surface area (Å²) in [5.41, 5.74) is 0. The third-order valence-corrected chi connectivity index (χ3v) is 3.24. The number of hydrogen-bond donors (Lipinski definition) is 2. The van der Waals surface area contributed by atoms with E-state index in [1.807, 2.05) is 0 Å². The number of aliphatic carboxylic acids is 1. The standard InChI is InChI=1S/C10H9BrN4O2S/c1-5-13-7(11)3-8(14-5)15-10-12-4-6(18-10)2-9(16)17/h3-4H,2H2,1H3,(H,16,17)(H,12,13,14,15). The molecule has 0 atom stereocenters. The van der Waals surface area contributed by atoms with Crippen molar-refractivity contribution in [2.75, 3.05) is 5.32 Å². The van der Waals surface area contributed by atoms with Crippen molar-refractivity contribution < 1.29 is 9.90 Å². The van der Waals surface area contributed by atoms with Crippen molar-refractivity contribution in [3.05, 3.63) is 27.6 Å². The van der Waals surface area contributed by atoms with Gasteiger partial charge in [-0.05, 0) is 22.9 Å². The third kappa shape index (κ3) is 3.47. The highest BCUT2D eigenvalue weighted by Crippen LogP contribution is 2.23. The second-order valence-corrected chi connectivity index (χ2v) is 5.38. The molecule has 2 heterocycles. The Morgan fingerprint density at radius 1 is 1.56 bits per heavy atom. The minimum atomic E-state index is -0.870. The Balaban J connectivity index is 2.13. The molecule has 0 radical (unpaired) electrons. The van der Waals surface area contributed by atoms with Crippen LogP contribution in [0.5, 0.6) is 0 Å². The summed E-state index contributed by atoms with van der Waals surface area (Å²) >= 11 is 4.57. The van der Waals surface area contributed by atoms with E-state index in [0.29, 0.717) is 26.3 Å². The highest BCUT2D eigenvalue weighted by Gasteiger charge is 2.07. The monoisotopic (exact) mass is 328 g/mol. The van der Waals surface area contributed by atoms with Crippen molar-refractivity contribution in [3.63, 3.8) is 0 Å². The van der Waals surface area contributed by atoms with E-state index in [2.05, 4.69) is 36.2 Å². The quantitative estimate of drug-likeness (QED) is 0.838. The first-order chi connectivity index (χ1) is 8.52. The van der Waals surface area contributed by atoms with E-state index in [1.54, 1.807) is 19.2 Å². The summed E-state index contributed by atoms with van der Waals surface area (Å²) < 4.78 is 0.680. The number of hydrogen-bond acceptors (Lipinski definition) is 6. The SMILES string of the molecule is Cc1nc(Br)cc(Nc2ncc(CC(=O)O)s2)n1. The van der Waals surface area contributed by atoms with Crippen LogP contribution in [0.1, 0.15) is 10.7 Å². The molecule has 6 nitrogen and oxygen atoms in total. The minimum Gasteiger partial charge on any atom is -0.481 e. The number of aryl methyl sites for hydroxylation is 1. The number of rotatable bonds is 4. The molecule has 2 N–H and O–H groups in total. The summed E-state index contributed by atoms with van der Waals surface area (Å²) in [6.45, 7) is 1.79. The lowest BCUT2D eigenvalue weighted by atomic mass is 10.4. The number of aromatic nitrogens is 3. The molecule has 0 aliphatic rings. The predicted molar refractivity (Wildman–Crippen MR) is 71.2 cm³/mol. The smallest absolute Gasteiger partial charge is 0.308 e. The van der Waals surface area contributed by atoms with Crippen LogP contribution in [0, 0.1) is 6.92 Å². The summed E-state index contributed by atoms with van der Waals surface area (Å²) in [7, 11) is 0. The van der Waals surface area contributed by atoms with Gasteiger partial charge < -0.3 is 10.4 Å². The van der Waals surface area contributed by atoms with Crippen molar-refractivity contribution in [1.29, 1.82) is 0 Å². The lowest BCUT2D eigenvalue weighted by Gasteiger charge is -2.02. The van der Waals surface area contributed by atoms with Gasteiger partial charge in [0.1, 0.15) is 16.2 Å². The van der Waals surface area contributed by atoms with Crippen LogP contribution in [0.15, 0.2) is 16.9 Å². The fraction of sp³-hybridized carbons (Fsp3) is 0.200. The summed E-state index contributed by atoms with van der Waals surface area (Å²) in [6, 6.07) is 1.73. The van der Waals surface area contributed by atoms with Crippen LogP contribution < -0.4 is 5.32 Å². The van der Waals surface area contributed by atoms with Gasteiger partial charge in [0.05, 0.1) is 6.42 Å². The molecule has 0 spiro atoms. The van der Waals surface area contributed by atoms with E-state index in [0.717, 1.165) is 0 Å². The Bertz CT molecular complexity index is 567. The molecule has 0 saturated carbocycles. The van der Waals surface area contributed by atoms with E-state index < -0.39 is 5.97 Å². The summed E-state index contributed by atoms with van der Waals surface area (Å²) in [5, 5.41) is 12.3. The highest BCUT2D eigenvalue weighted by atomic mass is 79.9. The van der Waals surface area contributed by atoms with Gasteiger partial charge in [-0.2, -0.15) is 0 Å². The number of nitrogens with zero attached hydrogens (tertiary/aromatic N) is 3. The van der Waals surface area contributed by atoms with Gasteiger partial charge >= 0.3 is 5.97 Å². The van der Waals surface area contributed by atoms with Gasteiger partial charge in [-0.1, -0.05) is 0 Å². The lowest BCUT2D eigenvalue weighted by Crippen LogP contribution is -1.97. The predicted octanol–water partition coefficient (Wildman–Crippen LogP) is 2.37. The van der Waals surface area contributed by atoms with Gasteiger partial charge in [0, 0.05) is 17.1 Å². The van der Waals surface area contributed by atoms with E-state index in [9.17, 15) is 4.79 Å². The molecule has 0 fully saturated rings. The fourth-order valence-corrected chi connectivity index (χ4v) is 2.58. The molecule has 2 rings (SSSR count). The first-order valence-electron chi connectivity index (χ1n) is 4.97. The van der Waals surface area contributed by atoms with Crippen LogP contribution in [-0.4, -0.2) is 26.0 Å². The number of carbonyl (C=O) groups is 1. The molecule has 0 aliphatic heterocycles. The zero-order valence-electron chi connectivity index (χ0n) is 9.35. The molecule has 2 aromatic heterocycles. The van der Waals surface area contributed by atoms with E-state index >= 15 is 0 Å². The van der Waals surface area contributed by atoms with Gasteiger partial charge in [-0.25, -0.2) is 15.0 Å². The molecule has 0 amide bonds. The van der Waals surface area contributed by atoms with E-state index in [4.69, 9.17) is 5.11 Å². The van der Waals surface area contributed by atoms with Crippen LogP contribution in [0.25, 0.3) is 0 Å². The Hall–Kier alpha value is -1.54. The van der Waals surface area contributed by atoms with Crippen molar-refractivity contribution in [2.45, 2.75) is 13.3 Å². The second kappa shape index (κ2) is 5.40. The fourth-order valence-electron chi connectivity index (χ4n) is 1.30. The molecule has 8 heteroatoms. The molecule has 94 valence electrons. The van der Waals surface area contributed by atoms with Crippen LogP contribution in [0.3, 0.4) is 0 Å². The molecule has 0 unspecified atom stereocenters. The average Bonchev–Trinajstić information content (AvgIpc) is 2.62. The number of nitrogens with one attached hydrogen (secondary N) is 1. The lowest BCUT2D eigenvalue weighted by molar-refractivity contribution is -0.136. The number of thiazole rings is 1. The highest BCUT2D eigenvalue weighted by molar-refractivity contribution is 9.10. The molecule has 0 saturated heterocycles. The van der Waals surface area contributed by atoms with Crippen LogP contribution in [-0.2, 0) is 11.2 Å². The number of carboxylic acids is 1. The number of halogens is 1. The van der Waals surface area contributed by atoms with Crippen molar-refractivity contribution >= 4 is 44.2 Å². The van der Waals surface area contributed by atoms with Crippen molar-refractivity contribution in [3.8, 4) is 0 Å². The molecule has 0 aromatic carbocycles. The van der Waals surface area contributed by atoms with Crippen LogP contribution in [0.4, 0.5) is 10.9 Å². The summed E-state index contributed by atoms with van der Waals surface area (Å²) in [4.78, 5) is 23.6. The Morgan fingerprint density at radius 2 is 2.33 bits per heavy atom. The number of carboxylic acid groups (broad SMARTS) is 1. The molecule has 2 aromatic rings. The van der Waals surface area contributed by atoms with E-state index in [1.165, 1.54) is 11.3 Å². The zero-order valence-corrected chi connectivity index (χ0v) is 11.7. The molecule has 18 heavy (non-hydrogen) atoms. The maximum absolute atomic E-state index is 10.6. The third-order valence-electron chi connectivity index (χ3n) is 1.92. The van der Waals surface area contributed by atoms with Crippen molar-refractivity contribution in [2.24, 2.45) is 0 Å². The molecular weight excluding hydrogens is 320 g/mol. The topological polar surface area (TPSA) is 88.0 Å². The molecule has 0 aliphatic carbocycles. The molecular formula is C10H9BrN4O2S. The van der Waals surface area contributed by atoms with Gasteiger partial charge in [-0.15, -0.1) is 11.3 Å². The van der Waals surface area contributed by atoms with Crippen molar-refractivity contribution in [1.82, 2.24) is 15.0 Å². The molecule has 0 bridgehead atoms. The maximum Gasteiger partial charge on any atom is 0.308 e. The second-order valence-electron chi connectivity index (χ2n) is 3.45. The van der Waals surface area contributed by atoms with E-state index in [-0.39, 0.29) is 6.42 Å². The Morgan fingerprint density at radius 3 is 3.00 bits per heavy atom. The van der Waals surface area contributed by atoms with Gasteiger partial charge in [-0.3, -0.25) is 4.79 Å². The Labute approximate surface area is 115 Å². The number of anilines is 2. The maximum atomic E-state index is 10.6. The van der Waals surface area contributed by atoms with Gasteiger partial charge in [0.2, 0.25) is 0 Å². The van der Waals surface area contributed by atoms with Crippen LogP contribution >= 0.6 is 27.3 Å². The largest absolute Gasteiger partial charge is 0.481 e. The van der Waals surface area contributed by atoms with Gasteiger partial charge in [0.15, 0.2) is 5.13 Å². The minimum absolute atomic E-state index is 0.0220. The first kappa shape index (κ1) is 12.9. The first-order valence-corrected chi connectivity index (χ1v) is 6.58.